The summed E-state index contributed by atoms with van der Waals surface area (Å²) in [4.78, 5) is 17.2. The van der Waals surface area contributed by atoms with E-state index < -0.39 is 0 Å². The summed E-state index contributed by atoms with van der Waals surface area (Å²) in [5.74, 6) is 1.15. The van der Waals surface area contributed by atoms with Gasteiger partial charge in [0.2, 0.25) is 5.91 Å². The van der Waals surface area contributed by atoms with Crippen LogP contribution >= 0.6 is 0 Å². The second-order valence-corrected chi connectivity index (χ2v) is 6.68. The van der Waals surface area contributed by atoms with Crippen molar-refractivity contribution in [3.05, 3.63) is 0 Å². The zero-order valence-electron chi connectivity index (χ0n) is 14.9. The van der Waals surface area contributed by atoms with E-state index in [0.717, 1.165) is 32.6 Å². The fourth-order valence-electron chi connectivity index (χ4n) is 3.10. The minimum atomic E-state index is 0.00338. The monoisotopic (exact) mass is 297 g/mol. The van der Waals surface area contributed by atoms with Crippen LogP contribution in [0.4, 0.5) is 0 Å². The standard InChI is InChI=1S/C17H35N3O/c1-7-10-19(9-3)11-12-20-16(13(4)5)18-15(17(20)21)14(6)8-2/h13-16,18H,7-12H2,1-6H3. The zero-order chi connectivity index (χ0) is 16.0. The van der Waals surface area contributed by atoms with Gasteiger partial charge in [0.05, 0.1) is 12.2 Å². The Morgan fingerprint density at radius 2 is 1.86 bits per heavy atom. The highest BCUT2D eigenvalue weighted by Gasteiger charge is 2.41. The van der Waals surface area contributed by atoms with Gasteiger partial charge in [0, 0.05) is 13.1 Å². The predicted octanol–water partition coefficient (Wildman–Crippen LogP) is 2.55. The summed E-state index contributed by atoms with van der Waals surface area (Å²) < 4.78 is 0. The molecule has 0 spiro atoms. The average Bonchev–Trinajstić information content (AvgIpc) is 2.80. The van der Waals surface area contributed by atoms with Gasteiger partial charge < -0.3 is 9.80 Å². The van der Waals surface area contributed by atoms with Crippen molar-refractivity contribution in [2.24, 2.45) is 11.8 Å². The molecule has 0 aromatic rings. The number of hydrogen-bond donors (Lipinski definition) is 1. The molecule has 3 atom stereocenters. The number of nitrogens with one attached hydrogen (secondary N) is 1. The van der Waals surface area contributed by atoms with Gasteiger partial charge in [-0.05, 0) is 31.3 Å². The Bertz CT molecular complexity index is 319. The maximum Gasteiger partial charge on any atom is 0.241 e. The second kappa shape index (κ2) is 8.74. The summed E-state index contributed by atoms with van der Waals surface area (Å²) in [6.45, 7) is 17.1. The number of likely N-dealkylation sites (N-methyl/N-ethyl adjacent to an activating group) is 1. The van der Waals surface area contributed by atoms with Gasteiger partial charge in [0.25, 0.3) is 0 Å². The van der Waals surface area contributed by atoms with Crippen LogP contribution in [0.1, 0.15) is 54.4 Å². The molecule has 3 unspecified atom stereocenters. The predicted molar refractivity (Wildman–Crippen MR) is 89.1 cm³/mol. The zero-order valence-corrected chi connectivity index (χ0v) is 14.9. The number of nitrogens with zero attached hydrogens (tertiary/aromatic N) is 2. The van der Waals surface area contributed by atoms with Crippen LogP contribution in [0.2, 0.25) is 0 Å². The topological polar surface area (TPSA) is 35.6 Å². The molecule has 1 amide bonds. The van der Waals surface area contributed by atoms with Gasteiger partial charge in [0.1, 0.15) is 0 Å². The Hall–Kier alpha value is -0.610. The average molecular weight is 297 g/mol. The highest BCUT2D eigenvalue weighted by molar-refractivity contribution is 5.84. The third-order valence-corrected chi connectivity index (χ3v) is 4.72. The summed E-state index contributed by atoms with van der Waals surface area (Å²) in [6, 6.07) is 0.00338. The molecule has 4 nitrogen and oxygen atoms in total. The van der Waals surface area contributed by atoms with Gasteiger partial charge in [-0.1, -0.05) is 48.0 Å². The molecular weight excluding hydrogens is 262 g/mol. The van der Waals surface area contributed by atoms with E-state index in [0.29, 0.717) is 17.7 Å². The van der Waals surface area contributed by atoms with Crippen LogP contribution in [0, 0.1) is 11.8 Å². The number of amides is 1. The maximum atomic E-state index is 12.7. The van der Waals surface area contributed by atoms with E-state index in [9.17, 15) is 4.79 Å². The van der Waals surface area contributed by atoms with Gasteiger partial charge in [-0.25, -0.2) is 0 Å². The molecule has 0 bridgehead atoms. The lowest BCUT2D eigenvalue weighted by atomic mass is 9.99. The third-order valence-electron chi connectivity index (χ3n) is 4.72. The molecule has 0 aromatic heterocycles. The third kappa shape index (κ3) is 4.68. The van der Waals surface area contributed by atoms with Crippen molar-refractivity contribution in [1.82, 2.24) is 15.1 Å². The molecule has 0 saturated carbocycles. The molecule has 0 aromatic carbocycles. The molecule has 1 fully saturated rings. The molecule has 21 heavy (non-hydrogen) atoms. The van der Waals surface area contributed by atoms with Crippen molar-refractivity contribution < 1.29 is 4.79 Å². The highest BCUT2D eigenvalue weighted by Crippen LogP contribution is 2.23. The number of rotatable bonds is 9. The van der Waals surface area contributed by atoms with Crippen molar-refractivity contribution in [1.29, 1.82) is 0 Å². The lowest BCUT2D eigenvalue weighted by molar-refractivity contribution is -0.131. The molecule has 1 aliphatic rings. The number of hydrogen-bond acceptors (Lipinski definition) is 3. The van der Waals surface area contributed by atoms with Crippen LogP contribution in [0.25, 0.3) is 0 Å². The summed E-state index contributed by atoms with van der Waals surface area (Å²) in [6.07, 6.45) is 2.40. The van der Waals surface area contributed by atoms with Gasteiger partial charge >= 0.3 is 0 Å². The van der Waals surface area contributed by atoms with E-state index in [1.54, 1.807) is 0 Å². The van der Waals surface area contributed by atoms with Gasteiger partial charge in [-0.3, -0.25) is 10.1 Å². The molecule has 1 rings (SSSR count). The first-order chi connectivity index (χ1) is 9.96. The lowest BCUT2D eigenvalue weighted by Crippen LogP contribution is -2.45. The van der Waals surface area contributed by atoms with Crippen LogP contribution in [-0.2, 0) is 4.79 Å². The lowest BCUT2D eigenvalue weighted by Gasteiger charge is -2.30. The van der Waals surface area contributed by atoms with Crippen LogP contribution < -0.4 is 5.32 Å². The molecule has 1 saturated heterocycles. The SMILES string of the molecule is CCCN(CC)CCN1C(=O)C(C(C)CC)NC1C(C)C. The Morgan fingerprint density at radius 1 is 1.19 bits per heavy atom. The molecule has 1 N–H and O–H groups in total. The van der Waals surface area contributed by atoms with E-state index in [2.05, 4.69) is 56.7 Å². The Morgan fingerprint density at radius 3 is 2.33 bits per heavy atom. The molecular formula is C17H35N3O. The fourth-order valence-corrected chi connectivity index (χ4v) is 3.10. The van der Waals surface area contributed by atoms with Crippen molar-refractivity contribution in [2.45, 2.75) is 66.6 Å². The van der Waals surface area contributed by atoms with E-state index in [4.69, 9.17) is 0 Å². The fraction of sp³-hybridized carbons (Fsp3) is 0.941. The molecule has 4 heteroatoms. The van der Waals surface area contributed by atoms with Gasteiger partial charge in [-0.2, -0.15) is 0 Å². The van der Waals surface area contributed by atoms with Crippen LogP contribution in [0.5, 0.6) is 0 Å². The van der Waals surface area contributed by atoms with Gasteiger partial charge in [-0.15, -0.1) is 0 Å². The molecule has 0 aliphatic carbocycles. The first-order valence-corrected chi connectivity index (χ1v) is 8.75. The van der Waals surface area contributed by atoms with Crippen LogP contribution in [0.15, 0.2) is 0 Å². The normalized spacial score (nSPS) is 24.4. The van der Waals surface area contributed by atoms with Crippen LogP contribution in [0.3, 0.4) is 0 Å². The molecule has 124 valence electrons. The van der Waals surface area contributed by atoms with E-state index >= 15 is 0 Å². The molecule has 1 aliphatic heterocycles. The highest BCUT2D eigenvalue weighted by atomic mass is 16.2. The largest absolute Gasteiger partial charge is 0.324 e. The number of carbonyl (C=O) groups is 1. The van der Waals surface area contributed by atoms with Crippen molar-refractivity contribution in [3.63, 3.8) is 0 Å². The van der Waals surface area contributed by atoms with Crippen molar-refractivity contribution >= 4 is 5.91 Å². The van der Waals surface area contributed by atoms with E-state index in [1.165, 1.54) is 6.42 Å². The second-order valence-electron chi connectivity index (χ2n) is 6.68. The van der Waals surface area contributed by atoms with Crippen molar-refractivity contribution in [3.8, 4) is 0 Å². The summed E-state index contributed by atoms with van der Waals surface area (Å²) in [5, 5.41) is 3.57. The quantitative estimate of drug-likeness (QED) is 0.710. The summed E-state index contributed by atoms with van der Waals surface area (Å²) >= 11 is 0. The molecule has 0 radical (unpaired) electrons. The van der Waals surface area contributed by atoms with E-state index in [1.807, 2.05) is 0 Å². The minimum absolute atomic E-state index is 0.00338. The Labute approximate surface area is 131 Å². The Kier molecular flexibility index (Phi) is 7.67. The van der Waals surface area contributed by atoms with E-state index in [-0.39, 0.29) is 12.2 Å². The summed E-state index contributed by atoms with van der Waals surface area (Å²) in [7, 11) is 0. The molecule has 1 heterocycles. The van der Waals surface area contributed by atoms with Crippen molar-refractivity contribution in [2.75, 3.05) is 26.2 Å². The van der Waals surface area contributed by atoms with Gasteiger partial charge in [0.15, 0.2) is 0 Å². The number of carbonyl (C=O) groups excluding carboxylic acids is 1. The summed E-state index contributed by atoms with van der Waals surface area (Å²) in [5.41, 5.74) is 0. The first-order valence-electron chi connectivity index (χ1n) is 8.75. The first kappa shape index (κ1) is 18.4. The van der Waals surface area contributed by atoms with Crippen LogP contribution in [-0.4, -0.2) is 54.1 Å². The maximum absolute atomic E-state index is 12.7. The Balaban J connectivity index is 2.70. The minimum Gasteiger partial charge on any atom is -0.324 e. The smallest absolute Gasteiger partial charge is 0.241 e.